The van der Waals surface area contributed by atoms with Crippen LogP contribution in [0.5, 0.6) is 0 Å². The second kappa shape index (κ2) is 6.62. The number of aromatic nitrogens is 2. The molecule has 0 saturated heterocycles. The number of halogens is 1. The number of hydrogen-bond donors (Lipinski definition) is 1. The predicted octanol–water partition coefficient (Wildman–Crippen LogP) is 4.18. The number of amides is 2. The van der Waals surface area contributed by atoms with Crippen LogP contribution in [-0.4, -0.2) is 33.3 Å². The van der Waals surface area contributed by atoms with Crippen LogP contribution in [0.2, 0.25) is 5.02 Å². The minimum Gasteiger partial charge on any atom is -0.321 e. The molecule has 1 N–H and O–H groups in total. The number of nitrogens with zero attached hydrogens (tertiary/aromatic N) is 3. The van der Waals surface area contributed by atoms with Crippen molar-refractivity contribution in [3.8, 4) is 5.69 Å². The first kappa shape index (κ1) is 15.9. The van der Waals surface area contributed by atoms with Gasteiger partial charge in [0, 0.05) is 12.6 Å². The van der Waals surface area contributed by atoms with Crippen molar-refractivity contribution in [2.45, 2.75) is 32.7 Å². The van der Waals surface area contributed by atoms with Gasteiger partial charge in [-0.05, 0) is 30.9 Å². The molecule has 0 spiro atoms. The van der Waals surface area contributed by atoms with Gasteiger partial charge in [0.15, 0.2) is 0 Å². The average molecular weight is 333 g/mol. The fraction of sp³-hybridized carbons (Fsp3) is 0.412. The van der Waals surface area contributed by atoms with Crippen molar-refractivity contribution in [3.05, 3.63) is 41.7 Å². The van der Waals surface area contributed by atoms with Gasteiger partial charge in [0.1, 0.15) is 0 Å². The van der Waals surface area contributed by atoms with Crippen LogP contribution in [0.1, 0.15) is 26.7 Å². The van der Waals surface area contributed by atoms with Crippen LogP contribution in [0, 0.1) is 5.92 Å². The summed E-state index contributed by atoms with van der Waals surface area (Å²) in [5.74, 6) is 0.451. The van der Waals surface area contributed by atoms with Crippen molar-refractivity contribution >= 4 is 23.3 Å². The Morgan fingerprint density at radius 1 is 1.43 bits per heavy atom. The zero-order valence-corrected chi connectivity index (χ0v) is 14.1. The molecule has 0 unspecified atom stereocenters. The molecule has 1 aromatic carbocycles. The van der Waals surface area contributed by atoms with Gasteiger partial charge in [0.25, 0.3) is 0 Å². The highest BCUT2D eigenvalue weighted by atomic mass is 35.5. The average Bonchev–Trinajstić information content (AvgIpc) is 3.25. The van der Waals surface area contributed by atoms with Gasteiger partial charge < -0.3 is 10.2 Å². The number of hydrogen-bond acceptors (Lipinski definition) is 2. The lowest BCUT2D eigenvalue weighted by molar-refractivity contribution is 0.201. The molecule has 1 aliphatic rings. The maximum atomic E-state index is 12.5. The van der Waals surface area contributed by atoms with Crippen LogP contribution in [0.3, 0.4) is 0 Å². The fourth-order valence-electron chi connectivity index (χ4n) is 2.53. The van der Waals surface area contributed by atoms with Crippen LogP contribution in [-0.2, 0) is 0 Å². The zero-order valence-electron chi connectivity index (χ0n) is 13.4. The van der Waals surface area contributed by atoms with E-state index in [-0.39, 0.29) is 6.03 Å². The molecule has 2 aromatic rings. The smallest absolute Gasteiger partial charge is 0.321 e. The zero-order chi connectivity index (χ0) is 16.4. The summed E-state index contributed by atoms with van der Waals surface area (Å²) in [6, 6.07) is 7.80. The molecule has 122 valence electrons. The maximum Gasteiger partial charge on any atom is 0.322 e. The van der Waals surface area contributed by atoms with E-state index in [2.05, 4.69) is 24.3 Å². The number of benzene rings is 1. The van der Waals surface area contributed by atoms with Gasteiger partial charge in [0.05, 0.1) is 28.8 Å². The summed E-state index contributed by atoms with van der Waals surface area (Å²) in [6.45, 7) is 5.02. The first-order chi connectivity index (χ1) is 11.0. The van der Waals surface area contributed by atoms with E-state index in [1.165, 1.54) is 0 Å². The number of para-hydroxylation sites is 1. The molecule has 1 heterocycles. The Morgan fingerprint density at radius 3 is 2.83 bits per heavy atom. The summed E-state index contributed by atoms with van der Waals surface area (Å²) in [5, 5.41) is 7.84. The van der Waals surface area contributed by atoms with E-state index in [1.54, 1.807) is 17.1 Å². The molecule has 1 fully saturated rings. The first-order valence-electron chi connectivity index (χ1n) is 7.92. The Hall–Kier alpha value is -2.01. The fourth-order valence-corrected chi connectivity index (χ4v) is 2.75. The lowest BCUT2D eigenvalue weighted by atomic mass is 10.2. The second-order valence-corrected chi connectivity index (χ2v) is 6.74. The van der Waals surface area contributed by atoms with Crippen LogP contribution < -0.4 is 5.32 Å². The molecule has 2 amide bonds. The van der Waals surface area contributed by atoms with Crippen LogP contribution in [0.25, 0.3) is 5.69 Å². The van der Waals surface area contributed by atoms with Gasteiger partial charge in [-0.2, -0.15) is 5.10 Å². The number of rotatable bonds is 5. The minimum absolute atomic E-state index is 0.0556. The lowest BCUT2D eigenvalue weighted by Crippen LogP contribution is -2.39. The third-order valence-corrected chi connectivity index (χ3v) is 4.06. The van der Waals surface area contributed by atoms with E-state index in [4.69, 9.17) is 11.6 Å². The van der Waals surface area contributed by atoms with Gasteiger partial charge in [0.2, 0.25) is 0 Å². The van der Waals surface area contributed by atoms with E-state index in [0.29, 0.717) is 22.7 Å². The molecule has 0 aliphatic heterocycles. The van der Waals surface area contributed by atoms with Gasteiger partial charge >= 0.3 is 6.03 Å². The van der Waals surface area contributed by atoms with Crippen molar-refractivity contribution in [2.75, 3.05) is 11.9 Å². The van der Waals surface area contributed by atoms with Crippen molar-refractivity contribution in [3.63, 3.8) is 0 Å². The molecule has 6 heteroatoms. The van der Waals surface area contributed by atoms with E-state index in [9.17, 15) is 4.79 Å². The number of anilines is 1. The van der Waals surface area contributed by atoms with E-state index in [0.717, 1.165) is 25.1 Å². The highest BCUT2D eigenvalue weighted by Crippen LogP contribution is 2.28. The minimum atomic E-state index is -0.0556. The molecule has 23 heavy (non-hydrogen) atoms. The van der Waals surface area contributed by atoms with Crippen LogP contribution >= 0.6 is 11.6 Å². The topological polar surface area (TPSA) is 50.2 Å². The highest BCUT2D eigenvalue weighted by molar-refractivity contribution is 6.32. The summed E-state index contributed by atoms with van der Waals surface area (Å²) in [4.78, 5) is 14.4. The van der Waals surface area contributed by atoms with Gasteiger partial charge in [-0.15, -0.1) is 0 Å². The number of carbonyl (C=O) groups is 1. The van der Waals surface area contributed by atoms with Gasteiger partial charge in [-0.25, -0.2) is 9.48 Å². The molecule has 0 radical (unpaired) electrons. The largest absolute Gasteiger partial charge is 0.322 e. The summed E-state index contributed by atoms with van der Waals surface area (Å²) in [7, 11) is 0. The Balaban J connectivity index is 1.71. The molecule has 0 bridgehead atoms. The summed E-state index contributed by atoms with van der Waals surface area (Å²) in [6.07, 6.45) is 5.61. The molecule has 3 rings (SSSR count). The SMILES string of the molecule is CC(C)CN(C(=O)Nc1cnn(-c2ccccc2Cl)c1)C1CC1. The Morgan fingerprint density at radius 2 is 2.17 bits per heavy atom. The predicted molar refractivity (Wildman–Crippen MR) is 92.2 cm³/mol. The molecule has 1 aromatic heterocycles. The molecule has 5 nitrogen and oxygen atoms in total. The number of nitrogens with one attached hydrogen (secondary N) is 1. The van der Waals surface area contributed by atoms with Crippen LogP contribution in [0.4, 0.5) is 10.5 Å². The molecular weight excluding hydrogens is 312 g/mol. The number of urea groups is 1. The third-order valence-electron chi connectivity index (χ3n) is 3.74. The molecular formula is C17H21ClN4O. The van der Waals surface area contributed by atoms with E-state index >= 15 is 0 Å². The summed E-state index contributed by atoms with van der Waals surface area (Å²) in [5.41, 5.74) is 1.46. The molecule has 0 atom stereocenters. The van der Waals surface area contributed by atoms with Gasteiger partial charge in [-0.1, -0.05) is 37.6 Å². The first-order valence-corrected chi connectivity index (χ1v) is 8.29. The third kappa shape index (κ3) is 3.85. The van der Waals surface area contributed by atoms with Crippen LogP contribution in [0.15, 0.2) is 36.7 Å². The summed E-state index contributed by atoms with van der Waals surface area (Å²) < 4.78 is 1.67. The normalized spacial score (nSPS) is 14.1. The Bertz CT molecular complexity index is 693. The van der Waals surface area contributed by atoms with Crippen molar-refractivity contribution in [2.24, 2.45) is 5.92 Å². The second-order valence-electron chi connectivity index (χ2n) is 6.33. The monoisotopic (exact) mass is 332 g/mol. The molecule has 1 aliphatic carbocycles. The molecule has 1 saturated carbocycles. The quantitative estimate of drug-likeness (QED) is 0.893. The van der Waals surface area contributed by atoms with Crippen molar-refractivity contribution < 1.29 is 4.79 Å². The van der Waals surface area contributed by atoms with Crippen molar-refractivity contribution in [1.82, 2.24) is 14.7 Å². The Labute approximate surface area is 141 Å². The van der Waals surface area contributed by atoms with E-state index in [1.807, 2.05) is 29.2 Å². The number of carbonyl (C=O) groups excluding carboxylic acids is 1. The standard InChI is InChI=1S/C17H21ClN4O/c1-12(2)10-21(14-7-8-14)17(23)20-13-9-19-22(11-13)16-6-4-3-5-15(16)18/h3-6,9,11-12,14H,7-8,10H2,1-2H3,(H,20,23). The Kier molecular flexibility index (Phi) is 4.57. The van der Waals surface area contributed by atoms with Gasteiger partial charge in [-0.3, -0.25) is 0 Å². The summed E-state index contributed by atoms with van der Waals surface area (Å²) >= 11 is 6.17. The van der Waals surface area contributed by atoms with E-state index < -0.39 is 0 Å². The highest BCUT2D eigenvalue weighted by Gasteiger charge is 2.33. The lowest BCUT2D eigenvalue weighted by Gasteiger charge is -2.24. The maximum absolute atomic E-state index is 12.5. The van der Waals surface area contributed by atoms with Crippen molar-refractivity contribution in [1.29, 1.82) is 0 Å².